The van der Waals surface area contributed by atoms with Crippen molar-refractivity contribution in [1.29, 1.82) is 0 Å². The maximum atomic E-state index is 13.6. The zero-order chi connectivity index (χ0) is 24.4. The topological polar surface area (TPSA) is 80.1 Å². The van der Waals surface area contributed by atoms with E-state index < -0.39 is 0 Å². The number of nitrogens with one attached hydrogen (secondary N) is 1. The highest BCUT2D eigenvalue weighted by Crippen LogP contribution is 2.24. The number of anilines is 2. The van der Waals surface area contributed by atoms with E-state index in [1.165, 1.54) is 0 Å². The van der Waals surface area contributed by atoms with Crippen LogP contribution in [0.15, 0.2) is 71.7 Å². The number of nitrogens with zero attached hydrogens (tertiary/aromatic N) is 4. The maximum Gasteiger partial charge on any atom is 0.295 e. The largest absolute Gasteiger partial charge is 0.351 e. The van der Waals surface area contributed by atoms with E-state index in [4.69, 9.17) is 11.6 Å². The van der Waals surface area contributed by atoms with Gasteiger partial charge < -0.3 is 10.2 Å². The number of rotatable bonds is 5. The molecule has 8 heteroatoms. The van der Waals surface area contributed by atoms with Crippen LogP contribution < -0.4 is 15.8 Å². The second kappa shape index (κ2) is 9.88. The van der Waals surface area contributed by atoms with E-state index in [1.807, 2.05) is 66.4 Å². The second-order valence-electron chi connectivity index (χ2n) is 8.90. The quantitative estimate of drug-likeness (QED) is 0.443. The Hall–Kier alpha value is -3.71. The number of halogens is 1. The Morgan fingerprint density at radius 2 is 1.97 bits per heavy atom. The number of fused-ring (bicyclic) bond motifs is 1. The zero-order valence-electron chi connectivity index (χ0n) is 19.4. The molecule has 0 spiro atoms. The van der Waals surface area contributed by atoms with Gasteiger partial charge in [0.15, 0.2) is 11.5 Å². The lowest BCUT2D eigenvalue weighted by molar-refractivity contribution is -0.120. The highest BCUT2D eigenvalue weighted by Gasteiger charge is 2.29. The van der Waals surface area contributed by atoms with Crippen molar-refractivity contribution in [1.82, 2.24) is 14.5 Å². The number of carbonyl (C=O) groups excluding carboxylic acids is 1. The number of hydrogen-bond donors (Lipinski definition) is 1. The van der Waals surface area contributed by atoms with Crippen LogP contribution in [0, 0.1) is 12.8 Å². The third kappa shape index (κ3) is 4.91. The summed E-state index contributed by atoms with van der Waals surface area (Å²) in [5.74, 6) is 0.0104. The molecule has 1 aliphatic heterocycles. The SMILES string of the molecule is Cc1ccc(NC(=O)C2CCCN(c3nc4cccnc4n(Cc4ccccc4)c3=O)C2)cc1Cl. The summed E-state index contributed by atoms with van der Waals surface area (Å²) >= 11 is 6.21. The van der Waals surface area contributed by atoms with E-state index in [0.29, 0.717) is 47.3 Å². The first-order valence-corrected chi connectivity index (χ1v) is 12.1. The van der Waals surface area contributed by atoms with E-state index in [1.54, 1.807) is 16.8 Å². The molecule has 1 atom stereocenters. The number of aromatic nitrogens is 3. The highest BCUT2D eigenvalue weighted by molar-refractivity contribution is 6.31. The van der Waals surface area contributed by atoms with Gasteiger partial charge in [0.05, 0.1) is 12.5 Å². The van der Waals surface area contributed by atoms with Crippen LogP contribution >= 0.6 is 11.6 Å². The molecule has 5 rings (SSSR count). The first-order valence-electron chi connectivity index (χ1n) is 11.7. The van der Waals surface area contributed by atoms with E-state index in [0.717, 1.165) is 24.0 Å². The molecular weight excluding hydrogens is 462 g/mol. The van der Waals surface area contributed by atoms with Crippen LogP contribution in [-0.4, -0.2) is 33.5 Å². The van der Waals surface area contributed by atoms with E-state index >= 15 is 0 Å². The number of carbonyl (C=O) groups is 1. The molecule has 1 fully saturated rings. The minimum Gasteiger partial charge on any atom is -0.351 e. The first kappa shape index (κ1) is 23.1. The van der Waals surface area contributed by atoms with Gasteiger partial charge in [0, 0.05) is 30.0 Å². The molecule has 0 radical (unpaired) electrons. The van der Waals surface area contributed by atoms with Crippen molar-refractivity contribution in [2.75, 3.05) is 23.3 Å². The van der Waals surface area contributed by atoms with Crippen LogP contribution in [0.25, 0.3) is 11.2 Å². The van der Waals surface area contributed by atoms with Gasteiger partial charge in [-0.3, -0.25) is 14.2 Å². The summed E-state index contributed by atoms with van der Waals surface area (Å²) in [6, 6.07) is 19.0. The lowest BCUT2D eigenvalue weighted by Crippen LogP contribution is -2.44. The Labute approximate surface area is 208 Å². The number of hydrogen-bond acceptors (Lipinski definition) is 5. The maximum absolute atomic E-state index is 13.6. The molecule has 0 saturated carbocycles. The molecule has 2 aromatic carbocycles. The second-order valence-corrected chi connectivity index (χ2v) is 9.30. The summed E-state index contributed by atoms with van der Waals surface area (Å²) < 4.78 is 1.67. The third-order valence-corrected chi connectivity index (χ3v) is 6.81. The lowest BCUT2D eigenvalue weighted by atomic mass is 9.97. The van der Waals surface area contributed by atoms with Crippen LogP contribution in [0.5, 0.6) is 0 Å². The van der Waals surface area contributed by atoms with Gasteiger partial charge in [0.1, 0.15) is 5.52 Å². The van der Waals surface area contributed by atoms with Crippen LogP contribution in [0.1, 0.15) is 24.0 Å². The van der Waals surface area contributed by atoms with Gasteiger partial charge in [-0.25, -0.2) is 9.97 Å². The molecule has 35 heavy (non-hydrogen) atoms. The van der Waals surface area contributed by atoms with Gasteiger partial charge in [0.25, 0.3) is 5.56 Å². The van der Waals surface area contributed by atoms with Gasteiger partial charge >= 0.3 is 0 Å². The summed E-state index contributed by atoms with van der Waals surface area (Å²) in [6.45, 7) is 3.41. The van der Waals surface area contributed by atoms with Crippen LogP contribution in [0.4, 0.5) is 11.5 Å². The molecular formula is C27H26ClN5O2. The highest BCUT2D eigenvalue weighted by atomic mass is 35.5. The molecule has 0 bridgehead atoms. The molecule has 3 heterocycles. The Kier molecular flexibility index (Phi) is 6.51. The van der Waals surface area contributed by atoms with Crippen LogP contribution in [-0.2, 0) is 11.3 Å². The zero-order valence-corrected chi connectivity index (χ0v) is 20.2. The molecule has 1 unspecified atom stereocenters. The molecule has 1 saturated heterocycles. The summed E-state index contributed by atoms with van der Waals surface area (Å²) in [7, 11) is 0. The molecule has 7 nitrogen and oxygen atoms in total. The van der Waals surface area contributed by atoms with E-state index in [9.17, 15) is 9.59 Å². The molecule has 4 aromatic rings. The molecule has 1 amide bonds. The van der Waals surface area contributed by atoms with Gasteiger partial charge in [-0.2, -0.15) is 0 Å². The molecule has 0 aliphatic carbocycles. The summed E-state index contributed by atoms with van der Waals surface area (Å²) in [4.78, 5) is 37.7. The summed E-state index contributed by atoms with van der Waals surface area (Å²) in [5.41, 5.74) is 3.63. The molecule has 178 valence electrons. The molecule has 1 N–H and O–H groups in total. The number of aryl methyl sites for hydroxylation is 1. The van der Waals surface area contributed by atoms with Gasteiger partial charge in [-0.05, 0) is 55.2 Å². The average Bonchev–Trinajstić information content (AvgIpc) is 2.88. The fourth-order valence-electron chi connectivity index (χ4n) is 4.48. The van der Waals surface area contributed by atoms with Gasteiger partial charge in [-0.1, -0.05) is 48.0 Å². The standard InChI is InChI=1S/C27H26ClN5O2/c1-18-11-12-21(15-22(18)28)30-26(34)20-9-6-14-32(17-20)25-27(35)33(16-19-7-3-2-4-8-19)24-23(31-25)10-5-13-29-24/h2-5,7-8,10-13,15,20H,6,9,14,16-17H2,1H3,(H,30,34). The lowest BCUT2D eigenvalue weighted by Gasteiger charge is -2.32. The van der Waals surface area contributed by atoms with Crippen LogP contribution in [0.2, 0.25) is 5.02 Å². The summed E-state index contributed by atoms with van der Waals surface area (Å²) in [5, 5.41) is 3.59. The molecule has 1 aliphatic rings. The Morgan fingerprint density at radius 3 is 2.77 bits per heavy atom. The van der Waals surface area contributed by atoms with Crippen molar-refractivity contribution >= 4 is 40.2 Å². The van der Waals surface area contributed by atoms with Crippen molar-refractivity contribution < 1.29 is 4.79 Å². The normalized spacial score (nSPS) is 15.8. The number of amides is 1. The number of pyridine rings is 1. The fraction of sp³-hybridized carbons (Fsp3) is 0.259. The van der Waals surface area contributed by atoms with Gasteiger partial charge in [0.2, 0.25) is 5.91 Å². The fourth-order valence-corrected chi connectivity index (χ4v) is 4.66. The van der Waals surface area contributed by atoms with Crippen LogP contribution in [0.3, 0.4) is 0 Å². The Balaban J connectivity index is 1.43. The number of piperidine rings is 1. The monoisotopic (exact) mass is 487 g/mol. The predicted octanol–water partition coefficient (Wildman–Crippen LogP) is 4.66. The minimum absolute atomic E-state index is 0.0818. The van der Waals surface area contributed by atoms with Crippen molar-refractivity contribution in [3.8, 4) is 0 Å². The van der Waals surface area contributed by atoms with Crippen molar-refractivity contribution in [2.24, 2.45) is 5.92 Å². The Morgan fingerprint density at radius 1 is 1.14 bits per heavy atom. The first-order chi connectivity index (χ1) is 17.0. The molecule has 2 aromatic heterocycles. The smallest absolute Gasteiger partial charge is 0.295 e. The van der Waals surface area contributed by atoms with Crippen molar-refractivity contribution in [3.63, 3.8) is 0 Å². The predicted molar refractivity (Wildman–Crippen MR) is 139 cm³/mol. The van der Waals surface area contributed by atoms with E-state index in [2.05, 4.69) is 15.3 Å². The van der Waals surface area contributed by atoms with E-state index in [-0.39, 0.29) is 17.4 Å². The minimum atomic E-state index is -0.266. The number of benzene rings is 2. The van der Waals surface area contributed by atoms with Crippen molar-refractivity contribution in [2.45, 2.75) is 26.3 Å². The van der Waals surface area contributed by atoms with Gasteiger partial charge in [-0.15, -0.1) is 0 Å². The summed E-state index contributed by atoms with van der Waals surface area (Å²) in [6.07, 6.45) is 3.20. The average molecular weight is 488 g/mol. The Bertz CT molecular complexity index is 1440. The third-order valence-electron chi connectivity index (χ3n) is 6.40. The van der Waals surface area contributed by atoms with Crippen molar-refractivity contribution in [3.05, 3.63) is 93.4 Å².